The van der Waals surface area contributed by atoms with E-state index in [4.69, 9.17) is 11.6 Å². The van der Waals surface area contributed by atoms with E-state index in [1.54, 1.807) is 0 Å². The number of alkyl halides is 1. The molecule has 11 heavy (non-hydrogen) atoms. The van der Waals surface area contributed by atoms with Crippen LogP contribution in [0.25, 0.3) is 0 Å². The molecule has 0 nitrogen and oxygen atoms in total. The molecule has 0 fully saturated rings. The van der Waals surface area contributed by atoms with Crippen LogP contribution >= 0.6 is 11.6 Å². The van der Waals surface area contributed by atoms with E-state index in [2.05, 4.69) is 20.1 Å². The third-order valence-corrected chi connectivity index (χ3v) is 1.77. The van der Waals surface area contributed by atoms with Gasteiger partial charge >= 0.3 is 0 Å². The van der Waals surface area contributed by atoms with Crippen LogP contribution in [0.2, 0.25) is 0 Å². The van der Waals surface area contributed by atoms with Crippen molar-refractivity contribution in [2.24, 2.45) is 0 Å². The summed E-state index contributed by atoms with van der Waals surface area (Å²) in [5.74, 6) is 0.700. The van der Waals surface area contributed by atoms with E-state index in [9.17, 15) is 0 Å². The standard InChI is InChI=1S/C10H17Cl/c1-9(2)5-4-6-10(3)7-8-11/h1,3-8H2,2H3. The molecule has 0 unspecified atom stereocenters. The van der Waals surface area contributed by atoms with Gasteiger partial charge in [0.1, 0.15) is 0 Å². The summed E-state index contributed by atoms with van der Waals surface area (Å²) >= 11 is 5.56. The van der Waals surface area contributed by atoms with Gasteiger partial charge in [-0.2, -0.15) is 0 Å². The highest BCUT2D eigenvalue weighted by atomic mass is 35.5. The number of rotatable bonds is 6. The van der Waals surface area contributed by atoms with Crippen LogP contribution in [-0.4, -0.2) is 5.88 Å². The van der Waals surface area contributed by atoms with Crippen LogP contribution in [0.3, 0.4) is 0 Å². The van der Waals surface area contributed by atoms with Gasteiger partial charge in [-0.1, -0.05) is 17.7 Å². The minimum atomic E-state index is 0.700. The molecule has 0 aliphatic rings. The van der Waals surface area contributed by atoms with Gasteiger partial charge in [-0.05, 0) is 32.6 Å². The Kier molecular flexibility index (Phi) is 6.34. The Morgan fingerprint density at radius 2 is 1.82 bits per heavy atom. The lowest BCUT2D eigenvalue weighted by molar-refractivity contribution is 0.786. The van der Waals surface area contributed by atoms with Gasteiger partial charge in [-0.15, -0.1) is 18.2 Å². The highest BCUT2D eigenvalue weighted by Crippen LogP contribution is 2.12. The molecule has 0 aliphatic heterocycles. The molecule has 0 aliphatic carbocycles. The highest BCUT2D eigenvalue weighted by Gasteiger charge is 1.93. The minimum absolute atomic E-state index is 0.700. The SMILES string of the molecule is C=C(C)CCCC(=C)CCCl. The number of allylic oxidation sites excluding steroid dienone is 2. The Labute approximate surface area is 74.9 Å². The van der Waals surface area contributed by atoms with Gasteiger partial charge < -0.3 is 0 Å². The molecular weight excluding hydrogens is 156 g/mol. The molecule has 64 valence electrons. The van der Waals surface area contributed by atoms with Crippen molar-refractivity contribution in [3.05, 3.63) is 24.3 Å². The van der Waals surface area contributed by atoms with E-state index < -0.39 is 0 Å². The molecule has 0 bridgehead atoms. The second-order valence-corrected chi connectivity index (χ2v) is 3.38. The van der Waals surface area contributed by atoms with Crippen LogP contribution < -0.4 is 0 Å². The first kappa shape index (κ1) is 10.8. The van der Waals surface area contributed by atoms with Gasteiger partial charge in [0.15, 0.2) is 0 Å². The van der Waals surface area contributed by atoms with E-state index in [1.807, 2.05) is 0 Å². The van der Waals surface area contributed by atoms with Gasteiger partial charge in [0, 0.05) is 5.88 Å². The molecule has 0 amide bonds. The first-order valence-electron chi connectivity index (χ1n) is 4.04. The van der Waals surface area contributed by atoms with Crippen LogP contribution in [0.4, 0.5) is 0 Å². The monoisotopic (exact) mass is 172 g/mol. The van der Waals surface area contributed by atoms with Gasteiger partial charge in [0.2, 0.25) is 0 Å². The minimum Gasteiger partial charge on any atom is -0.126 e. The van der Waals surface area contributed by atoms with Crippen LogP contribution in [0, 0.1) is 0 Å². The molecule has 0 N–H and O–H groups in total. The van der Waals surface area contributed by atoms with Gasteiger partial charge in [0.05, 0.1) is 0 Å². The summed E-state index contributed by atoms with van der Waals surface area (Å²) in [6.45, 7) is 9.83. The van der Waals surface area contributed by atoms with Crippen molar-refractivity contribution < 1.29 is 0 Å². The maximum absolute atomic E-state index is 5.56. The number of hydrogen-bond donors (Lipinski definition) is 0. The van der Waals surface area contributed by atoms with Crippen LogP contribution in [0.1, 0.15) is 32.6 Å². The summed E-state index contributed by atoms with van der Waals surface area (Å²) in [4.78, 5) is 0. The van der Waals surface area contributed by atoms with Crippen molar-refractivity contribution in [3.8, 4) is 0 Å². The Morgan fingerprint density at radius 3 is 2.27 bits per heavy atom. The number of halogens is 1. The molecular formula is C10H17Cl. The summed E-state index contributed by atoms with van der Waals surface area (Å²) in [6.07, 6.45) is 4.34. The third kappa shape index (κ3) is 7.67. The van der Waals surface area contributed by atoms with E-state index in [0.717, 1.165) is 19.3 Å². The normalized spacial score (nSPS) is 9.64. The largest absolute Gasteiger partial charge is 0.126 e. The zero-order valence-corrected chi connectivity index (χ0v) is 8.08. The fraction of sp³-hybridized carbons (Fsp3) is 0.600. The zero-order chi connectivity index (χ0) is 8.69. The summed E-state index contributed by atoms with van der Waals surface area (Å²) in [5.41, 5.74) is 2.52. The first-order valence-corrected chi connectivity index (χ1v) is 4.57. The van der Waals surface area contributed by atoms with Crippen molar-refractivity contribution in [2.45, 2.75) is 32.6 Å². The Balaban J connectivity index is 3.24. The first-order chi connectivity index (χ1) is 5.16. The molecule has 0 rings (SSSR count). The lowest BCUT2D eigenvalue weighted by Crippen LogP contribution is -1.84. The molecule has 0 aromatic carbocycles. The molecule has 0 spiro atoms. The average molecular weight is 173 g/mol. The predicted molar refractivity (Wildman–Crippen MR) is 53.1 cm³/mol. The zero-order valence-electron chi connectivity index (χ0n) is 7.33. The van der Waals surface area contributed by atoms with E-state index in [1.165, 1.54) is 17.6 Å². The van der Waals surface area contributed by atoms with E-state index >= 15 is 0 Å². The van der Waals surface area contributed by atoms with Crippen molar-refractivity contribution in [2.75, 3.05) is 5.88 Å². The second-order valence-electron chi connectivity index (χ2n) is 3.00. The summed E-state index contributed by atoms with van der Waals surface area (Å²) < 4.78 is 0. The van der Waals surface area contributed by atoms with Gasteiger partial charge in [0.25, 0.3) is 0 Å². The molecule has 0 saturated heterocycles. The third-order valence-electron chi connectivity index (χ3n) is 1.58. The maximum Gasteiger partial charge on any atom is 0.0260 e. The van der Waals surface area contributed by atoms with Crippen molar-refractivity contribution in [1.29, 1.82) is 0 Å². The number of hydrogen-bond acceptors (Lipinski definition) is 0. The molecule has 0 heterocycles. The summed E-state index contributed by atoms with van der Waals surface area (Å²) in [6, 6.07) is 0. The average Bonchev–Trinajstić information content (AvgIpc) is 1.87. The van der Waals surface area contributed by atoms with E-state index in [-0.39, 0.29) is 0 Å². The topological polar surface area (TPSA) is 0 Å². The molecule has 0 radical (unpaired) electrons. The Hall–Kier alpha value is -0.230. The van der Waals surface area contributed by atoms with Crippen LogP contribution in [0.15, 0.2) is 24.3 Å². The molecule has 0 aromatic rings. The molecule has 0 aromatic heterocycles. The van der Waals surface area contributed by atoms with Crippen molar-refractivity contribution >= 4 is 11.6 Å². The van der Waals surface area contributed by atoms with Gasteiger partial charge in [-0.25, -0.2) is 0 Å². The molecule has 1 heteroatoms. The Morgan fingerprint density at radius 1 is 1.18 bits per heavy atom. The fourth-order valence-electron chi connectivity index (χ4n) is 0.899. The highest BCUT2D eigenvalue weighted by molar-refractivity contribution is 6.17. The lowest BCUT2D eigenvalue weighted by Gasteiger charge is -2.02. The van der Waals surface area contributed by atoms with Crippen molar-refractivity contribution in [3.63, 3.8) is 0 Å². The van der Waals surface area contributed by atoms with Crippen molar-refractivity contribution in [1.82, 2.24) is 0 Å². The predicted octanol–water partition coefficient (Wildman–Crippen LogP) is 3.92. The molecule has 0 saturated carbocycles. The van der Waals surface area contributed by atoms with Crippen LogP contribution in [0.5, 0.6) is 0 Å². The maximum atomic E-state index is 5.56. The summed E-state index contributed by atoms with van der Waals surface area (Å²) in [7, 11) is 0. The quantitative estimate of drug-likeness (QED) is 0.421. The summed E-state index contributed by atoms with van der Waals surface area (Å²) in [5, 5.41) is 0. The second kappa shape index (κ2) is 6.48. The van der Waals surface area contributed by atoms with E-state index in [0.29, 0.717) is 5.88 Å². The van der Waals surface area contributed by atoms with Crippen LogP contribution in [-0.2, 0) is 0 Å². The smallest absolute Gasteiger partial charge is 0.0260 e. The Bertz CT molecular complexity index is 136. The fourth-order valence-corrected chi connectivity index (χ4v) is 1.17. The molecule has 0 atom stereocenters. The lowest BCUT2D eigenvalue weighted by atomic mass is 10.1. The van der Waals surface area contributed by atoms with Gasteiger partial charge in [-0.3, -0.25) is 0 Å².